The Morgan fingerprint density at radius 1 is 1.53 bits per heavy atom. The van der Waals surface area contributed by atoms with Crippen molar-refractivity contribution in [2.24, 2.45) is 0 Å². The fraction of sp³-hybridized carbons (Fsp3) is 0.182. The third-order valence-corrected chi connectivity index (χ3v) is 3.13. The summed E-state index contributed by atoms with van der Waals surface area (Å²) in [7, 11) is 0. The van der Waals surface area contributed by atoms with E-state index in [1.54, 1.807) is 24.4 Å². The number of fused-ring (bicyclic) bond motifs is 1. The number of furan rings is 1. The summed E-state index contributed by atoms with van der Waals surface area (Å²) in [4.78, 5) is 4.52. The van der Waals surface area contributed by atoms with Gasteiger partial charge in [0.15, 0.2) is 10.8 Å². The average Bonchev–Trinajstić information content (AvgIpc) is 3.01. The molecule has 0 aliphatic rings. The third-order valence-electron chi connectivity index (χ3n) is 2.29. The van der Waals surface area contributed by atoms with Gasteiger partial charge in [-0.2, -0.15) is 0 Å². The molecule has 3 rings (SSSR count). The van der Waals surface area contributed by atoms with E-state index in [1.807, 2.05) is 22.6 Å². The van der Waals surface area contributed by atoms with E-state index in [0.717, 1.165) is 27.7 Å². The Kier molecular flexibility index (Phi) is 2.56. The zero-order valence-electron chi connectivity index (χ0n) is 9.20. The van der Waals surface area contributed by atoms with Crippen LogP contribution in [0.3, 0.4) is 0 Å². The molecule has 3 aromatic rings. The largest absolute Gasteiger partial charge is 0.465 e. The molecular formula is C11H10N4OS. The average molecular weight is 246 g/mol. The van der Waals surface area contributed by atoms with Crippen LogP contribution in [-0.4, -0.2) is 25.3 Å². The first-order chi connectivity index (χ1) is 8.38. The van der Waals surface area contributed by atoms with Crippen molar-refractivity contribution in [2.75, 3.05) is 5.75 Å². The highest BCUT2D eigenvalue weighted by Crippen LogP contribution is 2.14. The lowest BCUT2D eigenvalue weighted by Gasteiger charge is -1.90. The van der Waals surface area contributed by atoms with Crippen LogP contribution in [0.15, 0.2) is 34.3 Å². The molecular weight excluding hydrogens is 236 g/mol. The van der Waals surface area contributed by atoms with Crippen LogP contribution in [0.25, 0.3) is 11.7 Å². The fourth-order valence-electron chi connectivity index (χ4n) is 1.59. The summed E-state index contributed by atoms with van der Waals surface area (Å²) in [6.45, 7) is 2.09. The van der Waals surface area contributed by atoms with Crippen molar-refractivity contribution in [3.05, 3.63) is 35.8 Å². The van der Waals surface area contributed by atoms with Crippen molar-refractivity contribution in [3.8, 4) is 0 Å². The van der Waals surface area contributed by atoms with E-state index in [-0.39, 0.29) is 0 Å². The van der Waals surface area contributed by atoms with Crippen LogP contribution < -0.4 is 5.35 Å². The molecule has 0 aromatic carbocycles. The second-order valence-corrected chi connectivity index (χ2v) is 4.63. The summed E-state index contributed by atoms with van der Waals surface area (Å²) in [6, 6.07) is 3.73. The van der Waals surface area contributed by atoms with E-state index in [2.05, 4.69) is 22.1 Å². The van der Waals surface area contributed by atoms with Gasteiger partial charge in [-0.25, -0.2) is 4.98 Å². The summed E-state index contributed by atoms with van der Waals surface area (Å²) >= 11 is 1.66. The lowest BCUT2D eigenvalue weighted by molar-refractivity contribution is 0.556. The molecule has 0 amide bonds. The Labute approximate surface area is 102 Å². The Hall–Kier alpha value is -1.82. The van der Waals surface area contributed by atoms with Gasteiger partial charge >= 0.3 is 0 Å². The number of hydrogen-bond donors (Lipinski definition) is 0. The molecule has 0 atom stereocenters. The van der Waals surface area contributed by atoms with E-state index in [4.69, 9.17) is 4.42 Å². The van der Waals surface area contributed by atoms with Crippen molar-refractivity contribution in [1.82, 2.24) is 19.6 Å². The molecule has 0 saturated carbocycles. The van der Waals surface area contributed by atoms with Crippen LogP contribution in [0.5, 0.6) is 0 Å². The molecule has 6 heteroatoms. The van der Waals surface area contributed by atoms with Gasteiger partial charge in [-0.05, 0) is 17.9 Å². The van der Waals surface area contributed by atoms with Gasteiger partial charge in [0.2, 0.25) is 0 Å². The second kappa shape index (κ2) is 4.21. The lowest BCUT2D eigenvalue weighted by atomic mass is 10.4. The predicted octanol–water partition coefficient (Wildman–Crippen LogP) is 1.38. The predicted molar refractivity (Wildman–Crippen MR) is 64.7 cm³/mol. The number of thioether (sulfide) groups is 1. The quantitative estimate of drug-likeness (QED) is 0.653. The summed E-state index contributed by atoms with van der Waals surface area (Å²) in [6.07, 6.45) is 5.18. The summed E-state index contributed by atoms with van der Waals surface area (Å²) in [5.74, 6) is 1.73. The van der Waals surface area contributed by atoms with Crippen LogP contribution in [0.4, 0.5) is 0 Å². The van der Waals surface area contributed by atoms with Gasteiger partial charge in [0, 0.05) is 6.08 Å². The monoisotopic (exact) mass is 246 g/mol. The topological polar surface area (TPSA) is 56.2 Å². The van der Waals surface area contributed by atoms with Gasteiger partial charge in [0.1, 0.15) is 17.4 Å². The lowest BCUT2D eigenvalue weighted by Crippen LogP contribution is -2.02. The number of hydrogen-bond acceptors (Lipinski definition) is 5. The molecule has 3 aromatic heterocycles. The van der Waals surface area contributed by atoms with Crippen LogP contribution in [0, 0.1) is 0 Å². The standard InChI is InChI=1S/C11H10N4OS/c1-2-17-11-13-9(6-8-4-3-5-16-8)10-14-12-7-15(10)11/h3-7H,2H2,1H3/b9-6-. The van der Waals surface area contributed by atoms with Gasteiger partial charge in [-0.15, -0.1) is 10.2 Å². The molecule has 86 valence electrons. The van der Waals surface area contributed by atoms with E-state index < -0.39 is 0 Å². The summed E-state index contributed by atoms with van der Waals surface area (Å²) < 4.78 is 7.16. The van der Waals surface area contributed by atoms with Crippen LogP contribution in [0.1, 0.15) is 12.7 Å². The highest BCUT2D eigenvalue weighted by molar-refractivity contribution is 7.99. The Balaban J connectivity index is 2.19. The zero-order valence-corrected chi connectivity index (χ0v) is 10.0. The Bertz CT molecular complexity index is 674. The molecule has 0 aliphatic carbocycles. The van der Waals surface area contributed by atoms with Crippen molar-refractivity contribution >= 4 is 23.5 Å². The van der Waals surface area contributed by atoms with Gasteiger partial charge < -0.3 is 4.42 Å². The number of rotatable bonds is 3. The van der Waals surface area contributed by atoms with Gasteiger partial charge in [0.25, 0.3) is 0 Å². The molecule has 0 unspecified atom stereocenters. The van der Waals surface area contributed by atoms with E-state index in [1.165, 1.54) is 0 Å². The van der Waals surface area contributed by atoms with Crippen LogP contribution >= 0.6 is 11.8 Å². The molecule has 3 heterocycles. The number of aromatic nitrogens is 4. The van der Waals surface area contributed by atoms with Gasteiger partial charge in [-0.1, -0.05) is 18.7 Å². The highest BCUT2D eigenvalue weighted by Gasteiger charge is 2.08. The first-order valence-electron chi connectivity index (χ1n) is 5.26. The highest BCUT2D eigenvalue weighted by atomic mass is 32.2. The minimum Gasteiger partial charge on any atom is -0.465 e. The van der Waals surface area contributed by atoms with Crippen LogP contribution in [0.2, 0.25) is 0 Å². The van der Waals surface area contributed by atoms with E-state index >= 15 is 0 Å². The SMILES string of the molecule is CCSc1n/c(=C\c2ccco2)c2nncn12. The number of imidazole rings is 1. The molecule has 0 aliphatic heterocycles. The third kappa shape index (κ3) is 1.80. The number of nitrogens with zero attached hydrogens (tertiary/aromatic N) is 4. The molecule has 0 bridgehead atoms. The molecule has 0 radical (unpaired) electrons. The van der Waals surface area contributed by atoms with Gasteiger partial charge in [-0.3, -0.25) is 4.40 Å². The molecule has 0 N–H and O–H groups in total. The smallest absolute Gasteiger partial charge is 0.188 e. The maximum Gasteiger partial charge on any atom is 0.188 e. The summed E-state index contributed by atoms with van der Waals surface area (Å²) in [5, 5.41) is 9.66. The minimum atomic E-state index is 0.761. The molecule has 17 heavy (non-hydrogen) atoms. The van der Waals surface area contributed by atoms with Crippen molar-refractivity contribution in [2.45, 2.75) is 12.1 Å². The van der Waals surface area contributed by atoms with Crippen LogP contribution in [-0.2, 0) is 0 Å². The maximum absolute atomic E-state index is 5.27. The second-order valence-electron chi connectivity index (χ2n) is 3.40. The summed E-state index contributed by atoms with van der Waals surface area (Å²) in [5.41, 5.74) is 0.761. The van der Waals surface area contributed by atoms with Crippen molar-refractivity contribution < 1.29 is 4.42 Å². The van der Waals surface area contributed by atoms with Crippen molar-refractivity contribution in [3.63, 3.8) is 0 Å². The Morgan fingerprint density at radius 2 is 2.47 bits per heavy atom. The van der Waals surface area contributed by atoms with Gasteiger partial charge in [0.05, 0.1) is 6.26 Å². The normalized spacial score (nSPS) is 12.6. The molecule has 0 saturated heterocycles. The maximum atomic E-state index is 5.27. The Morgan fingerprint density at radius 3 is 3.24 bits per heavy atom. The molecule has 0 fully saturated rings. The first-order valence-corrected chi connectivity index (χ1v) is 6.24. The fourth-order valence-corrected chi connectivity index (χ4v) is 2.29. The van der Waals surface area contributed by atoms with Crippen molar-refractivity contribution in [1.29, 1.82) is 0 Å². The molecule has 5 nitrogen and oxygen atoms in total. The van der Waals surface area contributed by atoms with E-state index in [0.29, 0.717) is 0 Å². The van der Waals surface area contributed by atoms with E-state index in [9.17, 15) is 0 Å². The molecule has 0 spiro atoms. The minimum absolute atomic E-state index is 0.761. The zero-order chi connectivity index (χ0) is 11.7. The first kappa shape index (κ1) is 10.3.